The van der Waals surface area contributed by atoms with Crippen LogP contribution in [0.3, 0.4) is 0 Å². The maximum absolute atomic E-state index is 13.0. The Bertz CT molecular complexity index is 912. The second-order valence-electron chi connectivity index (χ2n) is 7.21. The molecule has 1 N–H and O–H groups in total. The van der Waals surface area contributed by atoms with Crippen LogP contribution in [0, 0.1) is 19.8 Å². The van der Waals surface area contributed by atoms with Gasteiger partial charge in [-0.2, -0.15) is 0 Å². The van der Waals surface area contributed by atoms with E-state index in [-0.39, 0.29) is 22.8 Å². The highest BCUT2D eigenvalue weighted by molar-refractivity contribution is 7.89. The van der Waals surface area contributed by atoms with E-state index in [9.17, 15) is 13.2 Å². The van der Waals surface area contributed by atoms with Gasteiger partial charge in [0.1, 0.15) is 0 Å². The van der Waals surface area contributed by atoms with Crippen molar-refractivity contribution < 1.29 is 13.2 Å². The van der Waals surface area contributed by atoms with Crippen molar-refractivity contribution >= 4 is 27.3 Å². The molecule has 1 heterocycles. The molecule has 0 saturated heterocycles. The summed E-state index contributed by atoms with van der Waals surface area (Å²) in [5.74, 6) is 0.0114. The van der Waals surface area contributed by atoms with Crippen LogP contribution in [-0.4, -0.2) is 32.3 Å². The van der Waals surface area contributed by atoms with Gasteiger partial charge in [-0.15, -0.1) is 11.3 Å². The maximum Gasteiger partial charge on any atom is 0.253 e. The summed E-state index contributed by atoms with van der Waals surface area (Å²) in [5.41, 5.74) is 1.52. The maximum atomic E-state index is 13.0. The van der Waals surface area contributed by atoms with Gasteiger partial charge in [-0.05, 0) is 69.5 Å². The fourth-order valence-corrected chi connectivity index (χ4v) is 5.56. The highest BCUT2D eigenvalue weighted by atomic mass is 32.2. The lowest BCUT2D eigenvalue weighted by Gasteiger charge is -2.23. The van der Waals surface area contributed by atoms with Crippen molar-refractivity contribution in [3.63, 3.8) is 0 Å². The summed E-state index contributed by atoms with van der Waals surface area (Å²) in [7, 11) is -3.70. The molecule has 5 nitrogen and oxygen atoms in total. The molecule has 0 fully saturated rings. The Labute approximate surface area is 172 Å². The van der Waals surface area contributed by atoms with E-state index in [2.05, 4.69) is 10.8 Å². The van der Waals surface area contributed by atoms with Gasteiger partial charge in [0.15, 0.2) is 0 Å². The highest BCUT2D eigenvalue weighted by Gasteiger charge is 2.26. The van der Waals surface area contributed by atoms with Crippen molar-refractivity contribution in [2.75, 3.05) is 13.1 Å². The van der Waals surface area contributed by atoms with Crippen LogP contribution < -0.4 is 4.72 Å². The Kier molecular flexibility index (Phi) is 7.42. The normalized spacial score (nSPS) is 13.0. The van der Waals surface area contributed by atoms with Crippen molar-refractivity contribution in [3.8, 4) is 0 Å². The first-order valence-corrected chi connectivity index (χ1v) is 11.9. The lowest BCUT2D eigenvalue weighted by Crippen LogP contribution is -2.32. The van der Waals surface area contributed by atoms with Gasteiger partial charge in [0.05, 0.1) is 10.9 Å². The van der Waals surface area contributed by atoms with E-state index in [0.717, 1.165) is 15.3 Å². The molecule has 1 aromatic heterocycles. The largest absolute Gasteiger partial charge is 0.339 e. The van der Waals surface area contributed by atoms with E-state index in [1.165, 1.54) is 12.1 Å². The van der Waals surface area contributed by atoms with Gasteiger partial charge in [0.25, 0.3) is 5.91 Å². The van der Waals surface area contributed by atoms with Crippen LogP contribution in [0.15, 0.2) is 35.2 Å². The molecular weight excluding hydrogens is 392 g/mol. The number of hydrogen-bond donors (Lipinski definition) is 1. The van der Waals surface area contributed by atoms with E-state index in [0.29, 0.717) is 18.7 Å². The van der Waals surface area contributed by atoms with Gasteiger partial charge in [-0.1, -0.05) is 13.8 Å². The molecule has 1 amide bonds. The summed E-state index contributed by atoms with van der Waals surface area (Å²) in [4.78, 5) is 16.6. The number of sulfonamides is 1. The zero-order valence-electron chi connectivity index (χ0n) is 17.4. The van der Waals surface area contributed by atoms with Crippen molar-refractivity contribution in [1.29, 1.82) is 0 Å². The quantitative estimate of drug-likeness (QED) is 0.680. The summed E-state index contributed by atoms with van der Waals surface area (Å²) in [6.07, 6.45) is 0. The second-order valence-corrected chi connectivity index (χ2v) is 10.4. The van der Waals surface area contributed by atoms with Gasteiger partial charge in [0.2, 0.25) is 10.0 Å². The molecule has 2 rings (SSSR count). The van der Waals surface area contributed by atoms with Gasteiger partial charge < -0.3 is 4.90 Å². The summed E-state index contributed by atoms with van der Waals surface area (Å²) < 4.78 is 28.8. The van der Waals surface area contributed by atoms with Crippen LogP contribution in [0.4, 0.5) is 0 Å². The van der Waals surface area contributed by atoms with Crippen LogP contribution in [0.1, 0.15) is 59.4 Å². The van der Waals surface area contributed by atoms with Crippen LogP contribution >= 0.6 is 11.3 Å². The Morgan fingerprint density at radius 1 is 1.11 bits per heavy atom. The Hall–Kier alpha value is -1.70. The van der Waals surface area contributed by atoms with E-state index >= 15 is 0 Å². The topological polar surface area (TPSA) is 66.5 Å². The molecule has 0 spiro atoms. The van der Waals surface area contributed by atoms with Crippen LogP contribution in [-0.2, 0) is 10.0 Å². The summed E-state index contributed by atoms with van der Waals surface area (Å²) in [5, 5.41) is 0. The number of carbonyl (C=O) groups excluding carboxylic acids is 1. The highest BCUT2D eigenvalue weighted by Crippen LogP contribution is 2.32. The molecule has 2 aromatic rings. The third kappa shape index (κ3) is 5.01. The molecule has 0 bridgehead atoms. The number of nitrogens with one attached hydrogen (secondary N) is 1. The number of thiophene rings is 1. The number of benzene rings is 1. The first-order chi connectivity index (χ1) is 13.1. The van der Waals surface area contributed by atoms with Crippen molar-refractivity contribution in [1.82, 2.24) is 9.62 Å². The fraction of sp³-hybridized carbons (Fsp3) is 0.476. The van der Waals surface area contributed by atoms with E-state index in [1.54, 1.807) is 28.4 Å². The number of carbonyl (C=O) groups is 1. The standard InChI is InChI=1S/C21H30N2O3S2/c1-7-23(8-2)21(24)17-9-11-18(12-10-17)28(25,26)22-20(14(3)4)19-13-15(5)27-16(19)6/h9-14,20,22H,7-8H2,1-6H3. The SMILES string of the molecule is CCN(CC)C(=O)c1ccc(S(=O)(=O)NC(c2cc(C)sc2C)C(C)C)cc1. The molecule has 0 aliphatic carbocycles. The lowest BCUT2D eigenvalue weighted by molar-refractivity contribution is 0.0773. The predicted octanol–water partition coefficient (Wildman–Crippen LogP) is 4.52. The Morgan fingerprint density at radius 3 is 2.11 bits per heavy atom. The minimum absolute atomic E-state index is 0.0914. The molecule has 1 unspecified atom stereocenters. The smallest absolute Gasteiger partial charge is 0.253 e. The van der Waals surface area contributed by atoms with Crippen LogP contribution in [0.2, 0.25) is 0 Å². The molecule has 0 saturated carbocycles. The van der Waals surface area contributed by atoms with Crippen LogP contribution in [0.5, 0.6) is 0 Å². The molecule has 0 radical (unpaired) electrons. The van der Waals surface area contributed by atoms with Gasteiger partial charge in [0, 0.05) is 28.4 Å². The number of rotatable bonds is 8. The molecular formula is C21H30N2O3S2. The van der Waals surface area contributed by atoms with E-state index in [4.69, 9.17) is 0 Å². The first-order valence-electron chi connectivity index (χ1n) is 9.59. The fourth-order valence-electron chi connectivity index (χ4n) is 3.22. The number of nitrogens with zero attached hydrogens (tertiary/aromatic N) is 1. The first kappa shape index (κ1) is 22.6. The second kappa shape index (κ2) is 9.20. The predicted molar refractivity (Wildman–Crippen MR) is 115 cm³/mol. The van der Waals surface area contributed by atoms with Gasteiger partial charge in [-0.3, -0.25) is 4.79 Å². The van der Waals surface area contributed by atoms with E-state index in [1.807, 2.05) is 41.5 Å². The number of amides is 1. The minimum atomic E-state index is -3.70. The number of aryl methyl sites for hydroxylation is 2. The van der Waals surface area contributed by atoms with Crippen molar-refractivity contribution in [3.05, 3.63) is 51.2 Å². The van der Waals surface area contributed by atoms with Crippen LogP contribution in [0.25, 0.3) is 0 Å². The molecule has 1 aromatic carbocycles. The Balaban J connectivity index is 2.28. The minimum Gasteiger partial charge on any atom is -0.339 e. The summed E-state index contributed by atoms with van der Waals surface area (Å²) in [6, 6.07) is 7.93. The molecule has 154 valence electrons. The zero-order valence-corrected chi connectivity index (χ0v) is 19.1. The molecule has 0 aliphatic rings. The molecule has 0 aliphatic heterocycles. The third-order valence-corrected chi connectivity index (χ3v) is 7.26. The van der Waals surface area contributed by atoms with E-state index < -0.39 is 10.0 Å². The molecule has 1 atom stereocenters. The van der Waals surface area contributed by atoms with Gasteiger partial charge in [-0.25, -0.2) is 13.1 Å². The third-order valence-electron chi connectivity index (χ3n) is 4.83. The Morgan fingerprint density at radius 2 is 1.68 bits per heavy atom. The van der Waals surface area contributed by atoms with Gasteiger partial charge >= 0.3 is 0 Å². The number of hydrogen-bond acceptors (Lipinski definition) is 4. The average molecular weight is 423 g/mol. The summed E-state index contributed by atoms with van der Waals surface area (Å²) >= 11 is 1.67. The summed E-state index contributed by atoms with van der Waals surface area (Å²) in [6.45, 7) is 13.1. The van der Waals surface area contributed by atoms with Crippen molar-refractivity contribution in [2.45, 2.75) is 52.5 Å². The lowest BCUT2D eigenvalue weighted by atomic mass is 9.97. The average Bonchev–Trinajstić information content (AvgIpc) is 2.98. The molecule has 7 heteroatoms. The molecule has 28 heavy (non-hydrogen) atoms. The van der Waals surface area contributed by atoms with Crippen molar-refractivity contribution in [2.24, 2.45) is 5.92 Å². The zero-order chi connectivity index (χ0) is 21.1. The monoisotopic (exact) mass is 422 g/mol.